The Balaban J connectivity index is 1.49. The second-order valence-electron chi connectivity index (χ2n) is 8.52. The Bertz CT molecular complexity index is 1000. The van der Waals surface area contributed by atoms with Crippen LogP contribution in [0.25, 0.3) is 0 Å². The Morgan fingerprint density at radius 1 is 1.06 bits per heavy atom. The molecule has 1 atom stereocenters. The fourth-order valence-electron chi connectivity index (χ4n) is 4.44. The zero-order valence-corrected chi connectivity index (χ0v) is 18.8. The molecular weight excluding hydrogens is 384 g/mol. The summed E-state index contributed by atoms with van der Waals surface area (Å²) in [4.78, 5) is 16.5. The minimum atomic E-state index is 0.351. The van der Waals surface area contributed by atoms with Gasteiger partial charge in [-0.05, 0) is 68.5 Å². The molecular formula is C26H32N4O. The number of methoxy groups -OCH3 is 1. The van der Waals surface area contributed by atoms with Crippen LogP contribution in [0.15, 0.2) is 48.8 Å². The number of aryl methyl sites for hydroxylation is 2. The molecule has 1 saturated heterocycles. The van der Waals surface area contributed by atoms with Gasteiger partial charge >= 0.3 is 0 Å². The van der Waals surface area contributed by atoms with Crippen LogP contribution in [0.4, 0.5) is 0 Å². The second kappa shape index (κ2) is 10.1. The monoisotopic (exact) mass is 416 g/mol. The summed E-state index contributed by atoms with van der Waals surface area (Å²) >= 11 is 0. The van der Waals surface area contributed by atoms with Crippen LogP contribution in [0.1, 0.15) is 58.3 Å². The van der Waals surface area contributed by atoms with Crippen LogP contribution in [0.2, 0.25) is 0 Å². The molecule has 5 heteroatoms. The van der Waals surface area contributed by atoms with Crippen molar-refractivity contribution in [1.82, 2.24) is 19.9 Å². The van der Waals surface area contributed by atoms with E-state index >= 15 is 0 Å². The van der Waals surface area contributed by atoms with E-state index in [4.69, 9.17) is 9.72 Å². The standard InChI is InChI=1S/C26H32N4O/c1-19-7-4-5-8-23(19)14-21-13-20(2)29-24(15-21)25-9-6-11-30(25)18-22-16-27-26(28-17-22)10-12-31-3/h4-5,7-8,13,15-17,25H,6,9-12,14,18H2,1-3H3. The van der Waals surface area contributed by atoms with E-state index < -0.39 is 0 Å². The summed E-state index contributed by atoms with van der Waals surface area (Å²) in [6, 6.07) is 13.5. The van der Waals surface area contributed by atoms with Crippen molar-refractivity contribution in [2.75, 3.05) is 20.3 Å². The maximum absolute atomic E-state index is 5.11. The third kappa shape index (κ3) is 5.54. The smallest absolute Gasteiger partial charge is 0.130 e. The van der Waals surface area contributed by atoms with Crippen molar-refractivity contribution in [2.45, 2.75) is 52.1 Å². The van der Waals surface area contributed by atoms with Crippen LogP contribution in [-0.4, -0.2) is 40.1 Å². The molecule has 162 valence electrons. The minimum Gasteiger partial charge on any atom is -0.384 e. The van der Waals surface area contributed by atoms with Crippen LogP contribution in [-0.2, 0) is 24.1 Å². The van der Waals surface area contributed by atoms with Gasteiger partial charge in [-0.25, -0.2) is 9.97 Å². The number of hydrogen-bond acceptors (Lipinski definition) is 5. The van der Waals surface area contributed by atoms with E-state index in [0.29, 0.717) is 12.6 Å². The number of pyridine rings is 1. The topological polar surface area (TPSA) is 51.1 Å². The summed E-state index contributed by atoms with van der Waals surface area (Å²) < 4.78 is 5.11. The van der Waals surface area contributed by atoms with Crippen LogP contribution in [0.3, 0.4) is 0 Å². The largest absolute Gasteiger partial charge is 0.384 e. The molecule has 1 aliphatic heterocycles. The number of hydrogen-bond donors (Lipinski definition) is 0. The van der Waals surface area contributed by atoms with Crippen LogP contribution in [0.5, 0.6) is 0 Å². The van der Waals surface area contributed by atoms with Crippen LogP contribution in [0, 0.1) is 13.8 Å². The Labute approximate surface area is 185 Å². The third-order valence-electron chi connectivity index (χ3n) is 6.07. The van der Waals surface area contributed by atoms with E-state index in [0.717, 1.165) is 49.4 Å². The highest BCUT2D eigenvalue weighted by Gasteiger charge is 2.27. The van der Waals surface area contributed by atoms with Gasteiger partial charge in [-0.15, -0.1) is 0 Å². The minimum absolute atomic E-state index is 0.351. The van der Waals surface area contributed by atoms with Crippen molar-refractivity contribution in [3.05, 3.63) is 88.3 Å². The van der Waals surface area contributed by atoms with Crippen LogP contribution >= 0.6 is 0 Å². The Kier molecular flexibility index (Phi) is 7.05. The van der Waals surface area contributed by atoms with Crippen molar-refractivity contribution in [1.29, 1.82) is 0 Å². The third-order valence-corrected chi connectivity index (χ3v) is 6.07. The van der Waals surface area contributed by atoms with Gasteiger partial charge in [-0.1, -0.05) is 24.3 Å². The first-order valence-corrected chi connectivity index (χ1v) is 11.2. The van der Waals surface area contributed by atoms with Gasteiger partial charge in [-0.2, -0.15) is 0 Å². The molecule has 1 aliphatic rings. The van der Waals surface area contributed by atoms with Gasteiger partial charge in [0.25, 0.3) is 0 Å². The highest BCUT2D eigenvalue weighted by atomic mass is 16.5. The number of nitrogens with zero attached hydrogens (tertiary/aromatic N) is 4. The lowest BCUT2D eigenvalue weighted by Crippen LogP contribution is -2.24. The van der Waals surface area contributed by atoms with E-state index in [-0.39, 0.29) is 0 Å². The Morgan fingerprint density at radius 2 is 1.87 bits per heavy atom. The van der Waals surface area contributed by atoms with E-state index in [1.807, 2.05) is 12.4 Å². The zero-order valence-electron chi connectivity index (χ0n) is 18.8. The Morgan fingerprint density at radius 3 is 2.65 bits per heavy atom. The molecule has 5 nitrogen and oxygen atoms in total. The van der Waals surface area contributed by atoms with Gasteiger partial charge in [0.1, 0.15) is 5.82 Å². The summed E-state index contributed by atoms with van der Waals surface area (Å²) in [6.07, 6.45) is 7.96. The normalized spacial score (nSPS) is 16.7. The highest BCUT2D eigenvalue weighted by molar-refractivity contribution is 5.34. The molecule has 0 saturated carbocycles. The first-order valence-electron chi connectivity index (χ1n) is 11.2. The maximum Gasteiger partial charge on any atom is 0.130 e. The first-order chi connectivity index (χ1) is 15.1. The highest BCUT2D eigenvalue weighted by Crippen LogP contribution is 2.33. The molecule has 0 N–H and O–H groups in total. The van der Waals surface area contributed by atoms with Crippen molar-refractivity contribution >= 4 is 0 Å². The number of likely N-dealkylation sites (tertiary alicyclic amines) is 1. The molecule has 3 aromatic rings. The first kappa shape index (κ1) is 21.6. The van der Waals surface area contributed by atoms with Gasteiger partial charge in [-0.3, -0.25) is 9.88 Å². The van der Waals surface area contributed by atoms with Gasteiger partial charge in [0.05, 0.1) is 18.3 Å². The molecule has 1 aromatic carbocycles. The molecule has 0 spiro atoms. The van der Waals surface area contributed by atoms with Gasteiger partial charge in [0.2, 0.25) is 0 Å². The Hall–Kier alpha value is -2.63. The summed E-state index contributed by atoms with van der Waals surface area (Å²) in [5.41, 5.74) is 7.51. The van der Waals surface area contributed by atoms with Crippen molar-refractivity contribution in [3.63, 3.8) is 0 Å². The maximum atomic E-state index is 5.11. The molecule has 0 amide bonds. The number of rotatable bonds is 8. The van der Waals surface area contributed by atoms with Gasteiger partial charge in [0, 0.05) is 43.7 Å². The number of benzene rings is 1. The number of ether oxygens (including phenoxy) is 1. The molecule has 1 unspecified atom stereocenters. The zero-order chi connectivity index (χ0) is 21.6. The molecule has 0 bridgehead atoms. The van der Waals surface area contributed by atoms with Gasteiger partial charge < -0.3 is 4.74 Å². The summed E-state index contributed by atoms with van der Waals surface area (Å²) in [7, 11) is 1.70. The molecule has 1 fully saturated rings. The van der Waals surface area contributed by atoms with Gasteiger partial charge in [0.15, 0.2) is 0 Å². The summed E-state index contributed by atoms with van der Waals surface area (Å²) in [5, 5.41) is 0. The molecule has 3 heterocycles. The molecule has 31 heavy (non-hydrogen) atoms. The lowest BCUT2D eigenvalue weighted by molar-refractivity contribution is 0.200. The lowest BCUT2D eigenvalue weighted by atomic mass is 9.98. The van der Waals surface area contributed by atoms with E-state index in [9.17, 15) is 0 Å². The fraction of sp³-hybridized carbons (Fsp3) is 0.423. The summed E-state index contributed by atoms with van der Waals surface area (Å²) in [6.45, 7) is 6.89. The average molecular weight is 417 g/mol. The molecule has 4 rings (SSSR count). The van der Waals surface area contributed by atoms with E-state index in [1.165, 1.54) is 28.8 Å². The number of aromatic nitrogens is 3. The predicted molar refractivity (Wildman–Crippen MR) is 123 cm³/mol. The molecule has 2 aromatic heterocycles. The molecule has 0 radical (unpaired) electrons. The van der Waals surface area contributed by atoms with Crippen molar-refractivity contribution in [2.24, 2.45) is 0 Å². The van der Waals surface area contributed by atoms with E-state index in [1.54, 1.807) is 7.11 Å². The van der Waals surface area contributed by atoms with E-state index in [2.05, 4.69) is 65.1 Å². The quantitative estimate of drug-likeness (QED) is 0.537. The fourth-order valence-corrected chi connectivity index (χ4v) is 4.44. The average Bonchev–Trinajstić information content (AvgIpc) is 3.23. The second-order valence-corrected chi connectivity index (χ2v) is 8.52. The lowest BCUT2D eigenvalue weighted by Gasteiger charge is -2.24. The van der Waals surface area contributed by atoms with Crippen molar-refractivity contribution in [3.8, 4) is 0 Å². The SMILES string of the molecule is COCCc1ncc(CN2CCCC2c2cc(Cc3ccccc3C)cc(C)n2)cn1. The van der Waals surface area contributed by atoms with Crippen LogP contribution < -0.4 is 0 Å². The molecule has 0 aliphatic carbocycles. The predicted octanol–water partition coefficient (Wildman–Crippen LogP) is 4.61. The van der Waals surface area contributed by atoms with Crippen molar-refractivity contribution < 1.29 is 4.74 Å². The summed E-state index contributed by atoms with van der Waals surface area (Å²) in [5.74, 6) is 0.838.